The van der Waals surface area contributed by atoms with Crippen molar-refractivity contribution in [1.82, 2.24) is 14.3 Å². The van der Waals surface area contributed by atoms with Gasteiger partial charge in [-0.25, -0.2) is 4.68 Å². The highest BCUT2D eigenvalue weighted by atomic mass is 16.5. The first-order chi connectivity index (χ1) is 11.6. The minimum Gasteiger partial charge on any atom is -0.376 e. The summed E-state index contributed by atoms with van der Waals surface area (Å²) in [5.74, 6) is 0. The lowest BCUT2D eigenvalue weighted by atomic mass is 10.2. The molecule has 0 amide bonds. The van der Waals surface area contributed by atoms with Crippen LogP contribution in [0.3, 0.4) is 0 Å². The second kappa shape index (κ2) is 5.79. The summed E-state index contributed by atoms with van der Waals surface area (Å²) in [5.41, 5.74) is 1.74. The van der Waals surface area contributed by atoms with Crippen molar-refractivity contribution in [3.05, 3.63) is 62.8 Å². The minimum absolute atomic E-state index is 0.0501. The standard InChI is InChI=1S/C18H19N3O3/c1-12-17-15(10-16(22)20(12)11-14-8-5-9-24-14)19-21(18(17)23)13-6-3-2-4-7-13/h2-4,6-7,10,14,19H,5,8-9,11H2,1H3. The zero-order valence-electron chi connectivity index (χ0n) is 13.5. The number of aryl methyl sites for hydroxylation is 1. The molecule has 3 aromatic rings. The Bertz CT molecular complexity index is 992. The SMILES string of the molecule is Cc1c2c(=O)n(-c3ccccc3)[nH]c2cc(=O)n1CC1CCCO1. The van der Waals surface area contributed by atoms with Crippen LogP contribution >= 0.6 is 0 Å². The van der Waals surface area contributed by atoms with Gasteiger partial charge in [0.1, 0.15) is 0 Å². The van der Waals surface area contributed by atoms with Gasteiger partial charge in [-0.15, -0.1) is 0 Å². The Hall–Kier alpha value is -2.60. The number of fused-ring (bicyclic) bond motifs is 1. The number of pyridine rings is 1. The Morgan fingerprint density at radius 1 is 1.25 bits per heavy atom. The van der Waals surface area contributed by atoms with Crippen molar-refractivity contribution < 1.29 is 4.74 Å². The third kappa shape index (κ3) is 2.39. The van der Waals surface area contributed by atoms with Crippen molar-refractivity contribution in [3.63, 3.8) is 0 Å². The molecule has 1 N–H and O–H groups in total. The fourth-order valence-electron chi connectivity index (χ4n) is 3.39. The number of aromatic amines is 1. The quantitative estimate of drug-likeness (QED) is 0.800. The molecule has 2 aromatic heterocycles. The zero-order valence-corrected chi connectivity index (χ0v) is 13.5. The Kier molecular flexibility index (Phi) is 3.61. The van der Waals surface area contributed by atoms with Crippen LogP contribution in [0.2, 0.25) is 0 Å². The van der Waals surface area contributed by atoms with Gasteiger partial charge in [0.05, 0.1) is 29.2 Å². The van der Waals surface area contributed by atoms with Crippen LogP contribution in [0, 0.1) is 6.92 Å². The number of nitrogens with one attached hydrogen (secondary N) is 1. The van der Waals surface area contributed by atoms with Gasteiger partial charge < -0.3 is 9.30 Å². The summed E-state index contributed by atoms with van der Waals surface area (Å²) in [7, 11) is 0. The van der Waals surface area contributed by atoms with Crippen LogP contribution in [0.15, 0.2) is 46.0 Å². The molecule has 0 bridgehead atoms. The summed E-state index contributed by atoms with van der Waals surface area (Å²) >= 11 is 0. The number of ether oxygens (including phenoxy) is 1. The molecule has 24 heavy (non-hydrogen) atoms. The second-order valence-corrected chi connectivity index (χ2v) is 6.19. The van der Waals surface area contributed by atoms with Crippen molar-refractivity contribution in [2.75, 3.05) is 6.61 Å². The Morgan fingerprint density at radius 2 is 2.04 bits per heavy atom. The lowest BCUT2D eigenvalue weighted by Crippen LogP contribution is -2.28. The van der Waals surface area contributed by atoms with Crippen molar-refractivity contribution in [1.29, 1.82) is 0 Å². The highest BCUT2D eigenvalue weighted by molar-refractivity contribution is 5.80. The molecule has 1 aromatic carbocycles. The molecule has 4 rings (SSSR count). The summed E-state index contributed by atoms with van der Waals surface area (Å²) in [6, 6.07) is 10.8. The van der Waals surface area contributed by atoms with Gasteiger partial charge >= 0.3 is 0 Å². The van der Waals surface area contributed by atoms with E-state index in [1.807, 2.05) is 37.3 Å². The van der Waals surface area contributed by atoms with Crippen molar-refractivity contribution >= 4 is 10.9 Å². The van der Waals surface area contributed by atoms with Crippen LogP contribution < -0.4 is 11.1 Å². The summed E-state index contributed by atoms with van der Waals surface area (Å²) < 4.78 is 8.77. The molecule has 0 aliphatic carbocycles. The largest absolute Gasteiger partial charge is 0.376 e. The molecule has 6 heteroatoms. The number of hydrogen-bond donors (Lipinski definition) is 1. The molecule has 1 fully saturated rings. The molecule has 1 unspecified atom stereocenters. The molecule has 0 radical (unpaired) electrons. The number of H-pyrrole nitrogens is 1. The molecule has 0 spiro atoms. The number of nitrogens with zero attached hydrogens (tertiary/aromatic N) is 2. The van der Waals surface area contributed by atoms with E-state index >= 15 is 0 Å². The van der Waals surface area contributed by atoms with Gasteiger partial charge in [0, 0.05) is 18.4 Å². The summed E-state index contributed by atoms with van der Waals surface area (Å²) in [4.78, 5) is 25.3. The number of hydrogen-bond acceptors (Lipinski definition) is 3. The lowest BCUT2D eigenvalue weighted by molar-refractivity contribution is 0.0958. The van der Waals surface area contributed by atoms with E-state index in [9.17, 15) is 9.59 Å². The molecule has 0 saturated carbocycles. The van der Waals surface area contributed by atoms with E-state index in [-0.39, 0.29) is 17.2 Å². The third-order valence-electron chi connectivity index (χ3n) is 4.64. The predicted molar refractivity (Wildman–Crippen MR) is 91.9 cm³/mol. The van der Waals surface area contributed by atoms with Crippen molar-refractivity contribution in [2.45, 2.75) is 32.4 Å². The molecule has 1 saturated heterocycles. The molecule has 6 nitrogen and oxygen atoms in total. The van der Waals surface area contributed by atoms with E-state index in [0.717, 1.165) is 25.1 Å². The fraction of sp³-hybridized carbons (Fsp3) is 0.333. The van der Waals surface area contributed by atoms with Gasteiger partial charge in [0.25, 0.3) is 11.1 Å². The first-order valence-corrected chi connectivity index (χ1v) is 8.17. The molecular weight excluding hydrogens is 306 g/mol. The van der Waals surface area contributed by atoms with Crippen molar-refractivity contribution in [3.8, 4) is 5.69 Å². The number of para-hydroxylation sites is 1. The number of aromatic nitrogens is 3. The van der Waals surface area contributed by atoms with Gasteiger partial charge in [0.2, 0.25) is 0 Å². The third-order valence-corrected chi connectivity index (χ3v) is 4.64. The van der Waals surface area contributed by atoms with Crippen LogP contribution in [0.25, 0.3) is 16.6 Å². The van der Waals surface area contributed by atoms with E-state index in [1.165, 1.54) is 10.7 Å². The highest BCUT2D eigenvalue weighted by Gasteiger charge is 2.20. The first-order valence-electron chi connectivity index (χ1n) is 8.17. The Morgan fingerprint density at radius 3 is 2.75 bits per heavy atom. The van der Waals surface area contributed by atoms with E-state index < -0.39 is 0 Å². The number of benzene rings is 1. The molecular formula is C18H19N3O3. The van der Waals surface area contributed by atoms with Gasteiger partial charge in [-0.2, -0.15) is 0 Å². The van der Waals surface area contributed by atoms with Gasteiger partial charge in [-0.3, -0.25) is 14.7 Å². The van der Waals surface area contributed by atoms with Gasteiger partial charge in [-0.05, 0) is 31.9 Å². The predicted octanol–water partition coefficient (Wildman–Crippen LogP) is 1.97. The Balaban J connectivity index is 1.88. The van der Waals surface area contributed by atoms with E-state index in [2.05, 4.69) is 5.10 Å². The molecule has 1 atom stereocenters. The minimum atomic E-state index is -0.144. The topological polar surface area (TPSA) is 69.0 Å². The molecule has 1 aliphatic heterocycles. The fourth-order valence-corrected chi connectivity index (χ4v) is 3.39. The summed E-state index contributed by atoms with van der Waals surface area (Å²) in [6.45, 7) is 3.06. The van der Waals surface area contributed by atoms with Crippen LogP contribution in [0.1, 0.15) is 18.5 Å². The first kappa shape index (κ1) is 15.0. The molecule has 124 valence electrons. The lowest BCUT2D eigenvalue weighted by Gasteiger charge is -2.14. The average molecular weight is 325 g/mol. The van der Waals surface area contributed by atoms with Crippen LogP contribution in [-0.2, 0) is 11.3 Å². The van der Waals surface area contributed by atoms with Crippen LogP contribution in [-0.4, -0.2) is 27.1 Å². The second-order valence-electron chi connectivity index (χ2n) is 6.19. The summed E-state index contributed by atoms with van der Waals surface area (Å²) in [6.07, 6.45) is 2.02. The van der Waals surface area contributed by atoms with Crippen LogP contribution in [0.4, 0.5) is 0 Å². The summed E-state index contributed by atoms with van der Waals surface area (Å²) in [5, 5.41) is 3.59. The average Bonchev–Trinajstić information content (AvgIpc) is 3.20. The molecule has 1 aliphatic rings. The number of rotatable bonds is 3. The maximum absolute atomic E-state index is 12.8. The van der Waals surface area contributed by atoms with E-state index in [0.29, 0.717) is 23.1 Å². The highest BCUT2D eigenvalue weighted by Crippen LogP contribution is 2.17. The van der Waals surface area contributed by atoms with Gasteiger partial charge in [0.15, 0.2) is 0 Å². The normalized spacial score (nSPS) is 17.6. The van der Waals surface area contributed by atoms with Crippen LogP contribution in [0.5, 0.6) is 0 Å². The van der Waals surface area contributed by atoms with Gasteiger partial charge in [-0.1, -0.05) is 18.2 Å². The smallest absolute Gasteiger partial charge is 0.280 e. The maximum Gasteiger partial charge on any atom is 0.280 e. The monoisotopic (exact) mass is 325 g/mol. The molecule has 3 heterocycles. The van der Waals surface area contributed by atoms with E-state index in [1.54, 1.807) is 4.57 Å². The van der Waals surface area contributed by atoms with E-state index in [4.69, 9.17) is 4.74 Å². The van der Waals surface area contributed by atoms with Crippen molar-refractivity contribution in [2.24, 2.45) is 0 Å². The maximum atomic E-state index is 12.8. The Labute approximate surface area is 138 Å². The zero-order chi connectivity index (χ0) is 16.7.